The molecule has 0 saturated heterocycles. The van der Waals surface area contributed by atoms with Gasteiger partial charge in [-0.1, -0.05) is 18.2 Å². The van der Waals surface area contributed by atoms with Gasteiger partial charge in [0.15, 0.2) is 0 Å². The van der Waals surface area contributed by atoms with Gasteiger partial charge in [0.1, 0.15) is 5.75 Å². The summed E-state index contributed by atoms with van der Waals surface area (Å²) in [6.45, 7) is 2.30. The molecule has 3 aromatic rings. The van der Waals surface area contributed by atoms with Crippen molar-refractivity contribution in [1.82, 2.24) is 9.78 Å². The molecule has 0 fully saturated rings. The van der Waals surface area contributed by atoms with Crippen molar-refractivity contribution in [3.8, 4) is 5.75 Å². The van der Waals surface area contributed by atoms with Crippen LogP contribution in [0.3, 0.4) is 0 Å². The summed E-state index contributed by atoms with van der Waals surface area (Å²) in [5, 5.41) is 14.9. The molecule has 0 radical (unpaired) electrons. The summed E-state index contributed by atoms with van der Waals surface area (Å²) in [5.74, 6) is -0.184. The summed E-state index contributed by atoms with van der Waals surface area (Å²) in [6.07, 6.45) is 3.17. The number of hydrogen-bond acceptors (Lipinski definition) is 4. The first-order valence-corrected chi connectivity index (χ1v) is 8.11. The van der Waals surface area contributed by atoms with Gasteiger partial charge in [0.2, 0.25) is 0 Å². The molecule has 3 rings (SSSR count). The zero-order valence-electron chi connectivity index (χ0n) is 14.9. The van der Waals surface area contributed by atoms with Crippen molar-refractivity contribution in [1.29, 1.82) is 0 Å². The minimum atomic E-state index is -0.968. The molecule has 1 heterocycles. The first-order chi connectivity index (χ1) is 12.5. The highest BCUT2D eigenvalue weighted by molar-refractivity contribution is 6.07. The van der Waals surface area contributed by atoms with Crippen LogP contribution >= 0.6 is 0 Å². The van der Waals surface area contributed by atoms with Crippen LogP contribution < -0.4 is 4.74 Å². The standard InChI is InChI=1S/C20H20N2O4/c1-13-4-9-17-19(18(13)20(23)24)16(10-11-25-2)21-22(17)12-14-5-7-15(26-3)8-6-14/h4-11H,12H2,1-3H3,(H,23,24). The van der Waals surface area contributed by atoms with Gasteiger partial charge < -0.3 is 14.6 Å². The number of aromatic nitrogens is 2. The van der Waals surface area contributed by atoms with Crippen LogP contribution in [0, 0.1) is 6.92 Å². The third-order valence-corrected chi connectivity index (χ3v) is 4.22. The van der Waals surface area contributed by atoms with Crippen molar-refractivity contribution >= 4 is 22.9 Å². The van der Waals surface area contributed by atoms with Crippen molar-refractivity contribution < 1.29 is 19.4 Å². The Morgan fingerprint density at radius 2 is 1.92 bits per heavy atom. The quantitative estimate of drug-likeness (QED) is 0.685. The fourth-order valence-electron chi connectivity index (χ4n) is 2.95. The second-order valence-electron chi connectivity index (χ2n) is 5.89. The zero-order chi connectivity index (χ0) is 18.7. The van der Waals surface area contributed by atoms with E-state index in [0.717, 1.165) is 16.8 Å². The molecule has 134 valence electrons. The highest BCUT2D eigenvalue weighted by Crippen LogP contribution is 2.28. The summed E-state index contributed by atoms with van der Waals surface area (Å²) in [6, 6.07) is 11.4. The lowest BCUT2D eigenvalue weighted by molar-refractivity contribution is 0.0698. The number of nitrogens with zero attached hydrogens (tertiary/aromatic N) is 2. The summed E-state index contributed by atoms with van der Waals surface area (Å²) < 4.78 is 12.0. The van der Waals surface area contributed by atoms with Crippen molar-refractivity contribution in [2.45, 2.75) is 13.5 Å². The van der Waals surface area contributed by atoms with Gasteiger partial charge in [0.05, 0.1) is 43.8 Å². The van der Waals surface area contributed by atoms with E-state index in [0.29, 0.717) is 23.2 Å². The molecule has 0 saturated carbocycles. The van der Waals surface area contributed by atoms with E-state index in [1.54, 1.807) is 24.8 Å². The van der Waals surface area contributed by atoms with Crippen molar-refractivity contribution in [3.05, 3.63) is 65.0 Å². The minimum Gasteiger partial charge on any atom is -0.504 e. The second-order valence-corrected chi connectivity index (χ2v) is 5.89. The average molecular weight is 352 g/mol. The van der Waals surface area contributed by atoms with Crippen LogP contribution in [0.25, 0.3) is 17.0 Å². The number of benzene rings is 2. The van der Waals surface area contributed by atoms with E-state index in [2.05, 4.69) is 5.10 Å². The molecule has 0 spiro atoms. The zero-order valence-corrected chi connectivity index (χ0v) is 14.9. The van der Waals surface area contributed by atoms with Crippen LogP contribution in [0.5, 0.6) is 5.75 Å². The molecule has 0 aliphatic carbocycles. The van der Waals surface area contributed by atoms with Gasteiger partial charge in [0, 0.05) is 11.5 Å². The molecule has 0 aliphatic heterocycles. The fraction of sp³-hybridized carbons (Fsp3) is 0.200. The number of rotatable bonds is 6. The van der Waals surface area contributed by atoms with Crippen molar-refractivity contribution in [2.24, 2.45) is 0 Å². The number of hydrogen-bond donors (Lipinski definition) is 1. The third-order valence-electron chi connectivity index (χ3n) is 4.22. The minimum absolute atomic E-state index is 0.263. The largest absolute Gasteiger partial charge is 0.504 e. The predicted octanol–water partition coefficient (Wildman–Crippen LogP) is 3.72. The number of carboxylic acid groups (broad SMARTS) is 1. The highest BCUT2D eigenvalue weighted by Gasteiger charge is 2.19. The Labute approximate surface area is 151 Å². The lowest BCUT2D eigenvalue weighted by Crippen LogP contribution is -2.03. The normalized spacial score (nSPS) is 11.2. The maximum absolute atomic E-state index is 11.8. The Morgan fingerprint density at radius 1 is 1.19 bits per heavy atom. The number of ether oxygens (including phenoxy) is 2. The van der Waals surface area contributed by atoms with Crippen LogP contribution in [-0.4, -0.2) is 35.1 Å². The van der Waals surface area contributed by atoms with Gasteiger partial charge in [-0.15, -0.1) is 0 Å². The molecule has 1 N–H and O–H groups in total. The van der Waals surface area contributed by atoms with E-state index in [-0.39, 0.29) is 5.56 Å². The maximum atomic E-state index is 11.8. The smallest absolute Gasteiger partial charge is 0.336 e. The summed E-state index contributed by atoms with van der Waals surface area (Å²) in [4.78, 5) is 11.8. The van der Waals surface area contributed by atoms with E-state index in [1.165, 1.54) is 13.4 Å². The van der Waals surface area contributed by atoms with Crippen LogP contribution in [0.15, 0.2) is 42.7 Å². The molecule has 1 aromatic heterocycles. The molecule has 0 atom stereocenters. The maximum Gasteiger partial charge on any atom is 0.336 e. The number of aromatic carboxylic acids is 1. The van der Waals surface area contributed by atoms with E-state index in [1.807, 2.05) is 36.4 Å². The summed E-state index contributed by atoms with van der Waals surface area (Å²) in [7, 11) is 3.16. The molecule has 26 heavy (non-hydrogen) atoms. The van der Waals surface area contributed by atoms with E-state index in [9.17, 15) is 9.90 Å². The SMILES string of the molecule is COC=Cc1nn(Cc2ccc(OC)cc2)c2ccc(C)c(C(=O)O)c12. The van der Waals surface area contributed by atoms with Crippen molar-refractivity contribution in [3.63, 3.8) is 0 Å². The molecular formula is C20H20N2O4. The topological polar surface area (TPSA) is 73.6 Å². The molecule has 0 aliphatic rings. The van der Waals surface area contributed by atoms with E-state index in [4.69, 9.17) is 9.47 Å². The second kappa shape index (κ2) is 7.31. The van der Waals surface area contributed by atoms with Crippen molar-refractivity contribution in [2.75, 3.05) is 14.2 Å². The Hall–Kier alpha value is -3.28. The van der Waals surface area contributed by atoms with E-state index < -0.39 is 5.97 Å². The number of methoxy groups -OCH3 is 2. The van der Waals surface area contributed by atoms with Gasteiger partial charge >= 0.3 is 5.97 Å². The summed E-state index contributed by atoms with van der Waals surface area (Å²) in [5.41, 5.74) is 3.33. The Kier molecular flexibility index (Phi) is 4.93. The number of fused-ring (bicyclic) bond motifs is 1. The molecule has 6 heteroatoms. The fourth-order valence-corrected chi connectivity index (χ4v) is 2.95. The predicted molar refractivity (Wildman–Crippen MR) is 99.6 cm³/mol. The van der Waals surface area contributed by atoms with Gasteiger partial charge in [-0.05, 0) is 36.2 Å². The Balaban J connectivity index is 2.14. The molecular weight excluding hydrogens is 332 g/mol. The third kappa shape index (κ3) is 3.26. The molecule has 0 bridgehead atoms. The lowest BCUT2D eigenvalue weighted by Gasteiger charge is -2.07. The van der Waals surface area contributed by atoms with E-state index >= 15 is 0 Å². The van der Waals surface area contributed by atoms with Gasteiger partial charge in [0.25, 0.3) is 0 Å². The van der Waals surface area contributed by atoms with Crippen LogP contribution in [0.2, 0.25) is 0 Å². The van der Waals surface area contributed by atoms with Gasteiger partial charge in [-0.2, -0.15) is 5.10 Å². The summed E-state index contributed by atoms with van der Waals surface area (Å²) >= 11 is 0. The number of carbonyl (C=O) groups is 1. The monoisotopic (exact) mass is 352 g/mol. The lowest BCUT2D eigenvalue weighted by atomic mass is 10.0. The number of carboxylic acids is 1. The molecule has 2 aromatic carbocycles. The Bertz CT molecular complexity index is 972. The van der Waals surface area contributed by atoms with Gasteiger partial charge in [-0.25, -0.2) is 4.79 Å². The Morgan fingerprint density at radius 3 is 2.54 bits per heavy atom. The van der Waals surface area contributed by atoms with Crippen LogP contribution in [0.1, 0.15) is 27.2 Å². The first kappa shape index (κ1) is 17.5. The van der Waals surface area contributed by atoms with Crippen LogP contribution in [0.4, 0.5) is 0 Å². The molecule has 6 nitrogen and oxygen atoms in total. The van der Waals surface area contributed by atoms with Crippen LogP contribution in [-0.2, 0) is 11.3 Å². The first-order valence-electron chi connectivity index (χ1n) is 8.11. The van der Waals surface area contributed by atoms with Gasteiger partial charge in [-0.3, -0.25) is 4.68 Å². The number of aryl methyl sites for hydroxylation is 1. The average Bonchev–Trinajstić information content (AvgIpc) is 2.97. The molecule has 0 unspecified atom stereocenters. The molecule has 0 amide bonds. The highest BCUT2D eigenvalue weighted by atomic mass is 16.5.